The van der Waals surface area contributed by atoms with Gasteiger partial charge in [-0.1, -0.05) is 110 Å². The number of hydrogen-bond acceptors (Lipinski definition) is 4. The normalized spacial score (nSPS) is 13.9. The Balaban J connectivity index is 0. The molecule has 0 amide bonds. The Morgan fingerprint density at radius 1 is 0.679 bits per heavy atom. The molecule has 2 unspecified atom stereocenters. The van der Waals surface area contributed by atoms with Crippen LogP contribution in [-0.4, -0.2) is 29.4 Å². The number of aliphatic hydroxyl groups is 1. The van der Waals surface area contributed by atoms with Crippen LogP contribution >= 0.6 is 0 Å². The molecule has 0 radical (unpaired) electrons. The van der Waals surface area contributed by atoms with Gasteiger partial charge in [-0.15, -0.1) is 0 Å². The Kier molecular flexibility index (Phi) is 24.6. The van der Waals surface area contributed by atoms with Crippen molar-refractivity contribution in [1.29, 1.82) is 0 Å². The van der Waals surface area contributed by atoms with Gasteiger partial charge >= 0.3 is 51.4 Å². The van der Waals surface area contributed by atoms with E-state index in [4.69, 9.17) is 0 Å². The predicted molar refractivity (Wildman–Crippen MR) is 114 cm³/mol. The van der Waals surface area contributed by atoms with Crippen LogP contribution in [0.3, 0.4) is 0 Å². The molecule has 0 saturated heterocycles. The van der Waals surface area contributed by atoms with Crippen LogP contribution in [0.25, 0.3) is 0 Å². The average Bonchev–Trinajstić information content (AvgIpc) is 2.61. The first kappa shape index (κ1) is 31.7. The van der Waals surface area contributed by atoms with Crippen molar-refractivity contribution in [2.75, 3.05) is 0 Å². The van der Waals surface area contributed by atoms with Crippen LogP contribution in [0.15, 0.2) is 0 Å². The predicted octanol–water partition coefficient (Wildman–Crippen LogP) is 3.33. The van der Waals surface area contributed by atoms with Crippen LogP contribution in [0, 0.1) is 0 Å². The molecule has 0 aliphatic heterocycles. The van der Waals surface area contributed by atoms with Crippen LogP contribution in [0.4, 0.5) is 0 Å². The van der Waals surface area contributed by atoms with Gasteiger partial charge in [-0.3, -0.25) is 0 Å². The summed E-state index contributed by atoms with van der Waals surface area (Å²) in [6.07, 6.45) is 17.9. The van der Waals surface area contributed by atoms with Gasteiger partial charge in [0.25, 0.3) is 0 Å². The molecule has 4 nitrogen and oxygen atoms in total. The van der Waals surface area contributed by atoms with Gasteiger partial charge in [-0.25, -0.2) is 8.42 Å². The Bertz CT molecular complexity index is 415. The number of rotatable bonds is 20. The van der Waals surface area contributed by atoms with Gasteiger partial charge in [0.15, 0.2) is 0 Å². The summed E-state index contributed by atoms with van der Waals surface area (Å²) in [7, 11) is -4.32. The second-order valence-electron chi connectivity index (χ2n) is 8.18. The fraction of sp³-hybridized carbons (Fsp3) is 1.00. The van der Waals surface area contributed by atoms with E-state index in [-0.39, 0.29) is 57.8 Å². The van der Waals surface area contributed by atoms with Gasteiger partial charge in [0.1, 0.15) is 0 Å². The zero-order valence-electron chi connectivity index (χ0n) is 19.0. The molecule has 6 heteroatoms. The van der Waals surface area contributed by atoms with Crippen molar-refractivity contribution in [3.05, 3.63) is 0 Å². The van der Waals surface area contributed by atoms with Crippen molar-refractivity contribution in [3.8, 4) is 0 Å². The van der Waals surface area contributed by atoms with E-state index >= 15 is 0 Å². The van der Waals surface area contributed by atoms with E-state index in [0.29, 0.717) is 12.8 Å². The third-order valence-electron chi connectivity index (χ3n) is 5.46. The zero-order chi connectivity index (χ0) is 20.4. The van der Waals surface area contributed by atoms with E-state index in [2.05, 4.69) is 13.8 Å². The smallest absolute Gasteiger partial charge is 0.748 e. The molecular weight excluding hydrogens is 399 g/mol. The van der Waals surface area contributed by atoms with Crippen molar-refractivity contribution < 1.29 is 69.5 Å². The third-order valence-corrected chi connectivity index (χ3v) is 6.71. The quantitative estimate of drug-likeness (QED) is 0.177. The van der Waals surface area contributed by atoms with E-state index in [9.17, 15) is 18.1 Å². The molecule has 0 aromatic carbocycles. The van der Waals surface area contributed by atoms with Gasteiger partial charge in [0, 0.05) is 0 Å². The van der Waals surface area contributed by atoms with Gasteiger partial charge in [-0.05, 0) is 19.3 Å². The maximum atomic E-state index is 11.5. The second-order valence-corrected chi connectivity index (χ2v) is 9.83. The summed E-state index contributed by atoms with van der Waals surface area (Å²) in [5.74, 6) is 0. The largest absolute Gasteiger partial charge is 1.00 e. The molecule has 0 aliphatic carbocycles. The summed E-state index contributed by atoms with van der Waals surface area (Å²) < 4.78 is 34.5. The van der Waals surface area contributed by atoms with Crippen LogP contribution in [0.1, 0.15) is 129 Å². The maximum absolute atomic E-state index is 11.5. The minimum atomic E-state index is -4.32. The molecule has 0 rings (SSSR count). The van der Waals surface area contributed by atoms with Crippen molar-refractivity contribution in [2.24, 2.45) is 0 Å². The number of hydrogen-bond donors (Lipinski definition) is 1. The molecule has 0 aromatic heterocycles. The minimum Gasteiger partial charge on any atom is -0.748 e. The maximum Gasteiger partial charge on any atom is 1.00 e. The minimum absolute atomic E-state index is 0. The Morgan fingerprint density at radius 3 is 1.46 bits per heavy atom. The van der Waals surface area contributed by atoms with E-state index < -0.39 is 21.5 Å². The van der Waals surface area contributed by atoms with E-state index in [1.165, 1.54) is 51.4 Å². The zero-order valence-corrected chi connectivity index (χ0v) is 22.9. The summed E-state index contributed by atoms with van der Waals surface area (Å²) in [6.45, 7) is 4.36. The van der Waals surface area contributed by atoms with E-state index in [1.807, 2.05) is 0 Å². The first-order valence-corrected chi connectivity index (χ1v) is 13.0. The fourth-order valence-electron chi connectivity index (χ4n) is 3.64. The van der Waals surface area contributed by atoms with Crippen LogP contribution in [0.5, 0.6) is 0 Å². The molecule has 1 N–H and O–H groups in total. The summed E-state index contributed by atoms with van der Waals surface area (Å²) in [6, 6.07) is 0. The number of aliphatic hydroxyl groups excluding tert-OH is 1. The SMILES string of the molecule is CCCCCCCCCCCCCC(CC(O)CCCCCC)S(=O)(=O)[O-].[K+]. The number of unbranched alkanes of at least 4 members (excludes halogenated alkanes) is 13. The molecule has 164 valence electrons. The van der Waals surface area contributed by atoms with Crippen molar-refractivity contribution in [2.45, 2.75) is 141 Å². The molecule has 0 saturated carbocycles. The van der Waals surface area contributed by atoms with Crippen LogP contribution in [-0.2, 0) is 10.1 Å². The van der Waals surface area contributed by atoms with Gasteiger partial charge in [-0.2, -0.15) is 0 Å². The van der Waals surface area contributed by atoms with Crippen molar-refractivity contribution >= 4 is 10.1 Å². The molecule has 0 spiro atoms. The Hall–Kier alpha value is 1.51. The molecule has 0 aliphatic rings. The Morgan fingerprint density at radius 2 is 1.04 bits per heavy atom. The Labute approximate surface area is 218 Å². The molecule has 2 atom stereocenters. The summed E-state index contributed by atoms with van der Waals surface area (Å²) in [4.78, 5) is 0. The van der Waals surface area contributed by atoms with Crippen LogP contribution < -0.4 is 51.4 Å². The van der Waals surface area contributed by atoms with Gasteiger partial charge in [0.2, 0.25) is 0 Å². The van der Waals surface area contributed by atoms with Gasteiger partial charge in [0.05, 0.1) is 21.5 Å². The molecule has 0 aromatic rings. The monoisotopic (exact) mass is 444 g/mol. The molecule has 28 heavy (non-hydrogen) atoms. The summed E-state index contributed by atoms with van der Waals surface area (Å²) in [5, 5.41) is 9.14. The molecule has 0 fully saturated rings. The molecule has 0 heterocycles. The summed E-state index contributed by atoms with van der Waals surface area (Å²) >= 11 is 0. The topological polar surface area (TPSA) is 77.4 Å². The van der Waals surface area contributed by atoms with Crippen molar-refractivity contribution in [1.82, 2.24) is 0 Å². The first-order chi connectivity index (χ1) is 12.9. The summed E-state index contributed by atoms with van der Waals surface area (Å²) in [5.41, 5.74) is 0. The third kappa shape index (κ3) is 20.8. The van der Waals surface area contributed by atoms with E-state index in [0.717, 1.165) is 44.9 Å². The second kappa shape index (κ2) is 21.7. The van der Waals surface area contributed by atoms with Crippen LogP contribution in [0.2, 0.25) is 0 Å². The molecule has 0 bridgehead atoms. The standard InChI is InChI=1S/C22H46O4S.K/c1-3-5-7-9-10-11-12-13-14-15-17-19-22(27(24,25)26)20-21(23)18-16-8-6-4-2;/h21-23H,3-20H2,1-2H3,(H,24,25,26);/q;+1/p-1. The fourth-order valence-corrected chi connectivity index (χ4v) is 4.56. The van der Waals surface area contributed by atoms with E-state index in [1.54, 1.807) is 0 Å². The van der Waals surface area contributed by atoms with Crippen molar-refractivity contribution in [3.63, 3.8) is 0 Å². The average molecular weight is 445 g/mol. The molecular formula is C22H45KO4S. The van der Waals surface area contributed by atoms with Gasteiger partial charge < -0.3 is 9.66 Å². The first-order valence-electron chi connectivity index (χ1n) is 11.5.